The van der Waals surface area contributed by atoms with Gasteiger partial charge in [0.2, 0.25) is 17.7 Å². The largest absolute Gasteiger partial charge is 0.354 e. The quantitative estimate of drug-likeness (QED) is 0.277. The van der Waals surface area contributed by atoms with Gasteiger partial charge in [0.15, 0.2) is 0 Å². The fraction of sp³-hybridized carbons (Fsp3) is 0.533. The standard InChI is InChI=1S/C15H23N3O5/c1-18(15(23)7-4-11-19)10-8-16-13(21)5-2-3-6-14(22)17-9-12-20/h4,7,11-12H,2-3,5-6,8-10H2,1H3,(H,16,21)(H,17,22)/b7-4-. The van der Waals surface area contributed by atoms with E-state index in [2.05, 4.69) is 10.6 Å². The molecular weight excluding hydrogens is 302 g/mol. The van der Waals surface area contributed by atoms with Crippen LogP contribution >= 0.6 is 0 Å². The van der Waals surface area contributed by atoms with Crippen molar-refractivity contribution < 1.29 is 24.0 Å². The Bertz CT molecular complexity index is 448. The Morgan fingerprint density at radius 2 is 1.61 bits per heavy atom. The lowest BCUT2D eigenvalue weighted by molar-refractivity contribution is -0.126. The summed E-state index contributed by atoms with van der Waals surface area (Å²) in [6.07, 6.45) is 5.11. The number of unbranched alkanes of at least 4 members (excludes halogenated alkanes) is 1. The second-order valence-electron chi connectivity index (χ2n) is 4.78. The highest BCUT2D eigenvalue weighted by atomic mass is 16.2. The van der Waals surface area contributed by atoms with Gasteiger partial charge in [-0.1, -0.05) is 0 Å². The van der Waals surface area contributed by atoms with Crippen LogP contribution in [0, 0.1) is 0 Å². The summed E-state index contributed by atoms with van der Waals surface area (Å²) in [6, 6.07) is 0. The van der Waals surface area contributed by atoms with Crippen molar-refractivity contribution in [2.45, 2.75) is 25.7 Å². The van der Waals surface area contributed by atoms with Gasteiger partial charge < -0.3 is 20.3 Å². The minimum Gasteiger partial charge on any atom is -0.354 e. The van der Waals surface area contributed by atoms with Crippen LogP contribution in [0.25, 0.3) is 0 Å². The summed E-state index contributed by atoms with van der Waals surface area (Å²) in [4.78, 5) is 55.7. The van der Waals surface area contributed by atoms with E-state index in [1.165, 1.54) is 4.90 Å². The monoisotopic (exact) mass is 325 g/mol. The Labute approximate surface area is 135 Å². The van der Waals surface area contributed by atoms with E-state index in [-0.39, 0.29) is 30.7 Å². The van der Waals surface area contributed by atoms with Gasteiger partial charge in [0.25, 0.3) is 0 Å². The molecular formula is C15H23N3O5. The lowest BCUT2D eigenvalue weighted by Crippen LogP contribution is -2.35. The highest BCUT2D eigenvalue weighted by Crippen LogP contribution is 1.99. The molecule has 0 fully saturated rings. The first kappa shape index (κ1) is 20.5. The molecule has 2 N–H and O–H groups in total. The maximum atomic E-state index is 11.6. The van der Waals surface area contributed by atoms with Crippen LogP contribution in [0.15, 0.2) is 12.2 Å². The molecule has 0 heterocycles. The molecule has 0 atom stereocenters. The Morgan fingerprint density at radius 1 is 1.00 bits per heavy atom. The molecule has 0 saturated carbocycles. The van der Waals surface area contributed by atoms with Crippen LogP contribution in [-0.2, 0) is 24.0 Å². The van der Waals surface area contributed by atoms with E-state index < -0.39 is 0 Å². The summed E-state index contributed by atoms with van der Waals surface area (Å²) in [5.74, 6) is -0.670. The van der Waals surface area contributed by atoms with Crippen molar-refractivity contribution in [1.29, 1.82) is 0 Å². The minimum absolute atomic E-state index is 0.00753. The van der Waals surface area contributed by atoms with E-state index in [1.54, 1.807) is 7.05 Å². The number of allylic oxidation sites excluding steroid dienone is 1. The average molecular weight is 325 g/mol. The van der Waals surface area contributed by atoms with E-state index >= 15 is 0 Å². The van der Waals surface area contributed by atoms with Crippen LogP contribution in [0.4, 0.5) is 0 Å². The number of hydrogen-bond acceptors (Lipinski definition) is 5. The topological polar surface area (TPSA) is 113 Å². The zero-order chi connectivity index (χ0) is 17.5. The van der Waals surface area contributed by atoms with Crippen LogP contribution in [0.3, 0.4) is 0 Å². The molecule has 0 unspecified atom stereocenters. The summed E-state index contributed by atoms with van der Waals surface area (Å²) in [5, 5.41) is 5.09. The van der Waals surface area contributed by atoms with Gasteiger partial charge in [0.1, 0.15) is 12.6 Å². The number of aldehydes is 2. The van der Waals surface area contributed by atoms with Crippen LogP contribution in [0.5, 0.6) is 0 Å². The summed E-state index contributed by atoms with van der Waals surface area (Å²) >= 11 is 0. The molecule has 8 heteroatoms. The lowest BCUT2D eigenvalue weighted by atomic mass is 10.2. The van der Waals surface area contributed by atoms with Crippen molar-refractivity contribution in [3.63, 3.8) is 0 Å². The van der Waals surface area contributed by atoms with Crippen LogP contribution in [-0.4, -0.2) is 61.9 Å². The molecule has 0 aliphatic heterocycles. The molecule has 8 nitrogen and oxygen atoms in total. The molecule has 0 aromatic carbocycles. The highest BCUT2D eigenvalue weighted by molar-refractivity contribution is 5.90. The second-order valence-corrected chi connectivity index (χ2v) is 4.78. The van der Waals surface area contributed by atoms with E-state index in [1.807, 2.05) is 0 Å². The number of nitrogens with one attached hydrogen (secondary N) is 2. The molecule has 23 heavy (non-hydrogen) atoms. The molecule has 3 amide bonds. The average Bonchev–Trinajstić information content (AvgIpc) is 2.54. The molecule has 0 aromatic rings. The smallest absolute Gasteiger partial charge is 0.246 e. The van der Waals surface area contributed by atoms with Crippen LogP contribution < -0.4 is 10.6 Å². The molecule has 0 aliphatic rings. The maximum absolute atomic E-state index is 11.6. The van der Waals surface area contributed by atoms with E-state index in [4.69, 9.17) is 0 Å². The normalized spacial score (nSPS) is 10.1. The summed E-state index contributed by atoms with van der Waals surface area (Å²) < 4.78 is 0. The van der Waals surface area contributed by atoms with E-state index in [0.29, 0.717) is 44.9 Å². The molecule has 0 spiro atoms. The number of rotatable bonds is 12. The van der Waals surface area contributed by atoms with Gasteiger partial charge in [0.05, 0.1) is 6.54 Å². The first-order valence-corrected chi connectivity index (χ1v) is 7.35. The number of likely N-dealkylation sites (N-methyl/N-ethyl adjacent to an activating group) is 1. The Kier molecular flexibility index (Phi) is 11.7. The molecule has 0 aromatic heterocycles. The van der Waals surface area contributed by atoms with Crippen molar-refractivity contribution in [2.75, 3.05) is 26.7 Å². The first-order chi connectivity index (χ1) is 11.0. The Hall–Kier alpha value is -2.51. The fourth-order valence-corrected chi connectivity index (χ4v) is 1.63. The van der Waals surface area contributed by atoms with Crippen molar-refractivity contribution in [1.82, 2.24) is 15.5 Å². The molecule has 0 saturated heterocycles. The van der Waals surface area contributed by atoms with E-state index in [9.17, 15) is 24.0 Å². The minimum atomic E-state index is -0.312. The van der Waals surface area contributed by atoms with Crippen molar-refractivity contribution in [2.24, 2.45) is 0 Å². The third-order valence-electron chi connectivity index (χ3n) is 2.90. The highest BCUT2D eigenvalue weighted by Gasteiger charge is 2.06. The molecule has 128 valence electrons. The van der Waals surface area contributed by atoms with Crippen LogP contribution in [0.1, 0.15) is 25.7 Å². The van der Waals surface area contributed by atoms with Gasteiger partial charge in [0, 0.05) is 39.1 Å². The number of carbonyl (C=O) groups is 5. The number of nitrogens with zero attached hydrogens (tertiary/aromatic N) is 1. The summed E-state index contributed by atoms with van der Waals surface area (Å²) in [5.41, 5.74) is 0. The summed E-state index contributed by atoms with van der Waals surface area (Å²) in [7, 11) is 1.57. The number of hydrogen-bond donors (Lipinski definition) is 2. The maximum Gasteiger partial charge on any atom is 0.246 e. The molecule has 0 bridgehead atoms. The summed E-state index contributed by atoms with van der Waals surface area (Å²) in [6.45, 7) is 0.658. The molecule has 0 radical (unpaired) electrons. The molecule has 0 rings (SSSR count). The van der Waals surface area contributed by atoms with Gasteiger partial charge in [-0.15, -0.1) is 0 Å². The SMILES string of the molecule is CN(CCNC(=O)CCCCC(=O)NCC=O)C(=O)/C=C\C=O. The van der Waals surface area contributed by atoms with Crippen LogP contribution in [0.2, 0.25) is 0 Å². The van der Waals surface area contributed by atoms with Gasteiger partial charge in [-0.25, -0.2) is 0 Å². The number of carbonyl (C=O) groups excluding carboxylic acids is 5. The van der Waals surface area contributed by atoms with Gasteiger partial charge in [-0.2, -0.15) is 0 Å². The van der Waals surface area contributed by atoms with Gasteiger partial charge in [-0.3, -0.25) is 19.2 Å². The Morgan fingerprint density at radius 3 is 2.17 bits per heavy atom. The zero-order valence-corrected chi connectivity index (χ0v) is 13.2. The lowest BCUT2D eigenvalue weighted by Gasteiger charge is -2.15. The predicted molar refractivity (Wildman–Crippen MR) is 83.4 cm³/mol. The van der Waals surface area contributed by atoms with Crippen molar-refractivity contribution in [3.8, 4) is 0 Å². The van der Waals surface area contributed by atoms with E-state index in [0.717, 1.165) is 12.2 Å². The third-order valence-corrected chi connectivity index (χ3v) is 2.90. The second kappa shape index (κ2) is 13.2. The predicted octanol–water partition coefficient (Wildman–Crippen LogP) is -0.808. The third kappa shape index (κ3) is 11.8. The molecule has 0 aliphatic carbocycles. The van der Waals surface area contributed by atoms with Gasteiger partial charge in [-0.05, 0) is 18.9 Å². The fourth-order valence-electron chi connectivity index (χ4n) is 1.63. The van der Waals surface area contributed by atoms with Crippen molar-refractivity contribution >= 4 is 30.3 Å². The van der Waals surface area contributed by atoms with Crippen molar-refractivity contribution in [3.05, 3.63) is 12.2 Å². The number of amides is 3. The van der Waals surface area contributed by atoms with Gasteiger partial charge >= 0.3 is 0 Å². The first-order valence-electron chi connectivity index (χ1n) is 7.35. The zero-order valence-electron chi connectivity index (χ0n) is 13.2. The Balaban J connectivity index is 3.69.